The van der Waals surface area contributed by atoms with Crippen LogP contribution in [0.2, 0.25) is 0 Å². The molecule has 98 valence electrons. The molecule has 0 heterocycles. The number of carbonyl (C=O) groups is 1. The summed E-state index contributed by atoms with van der Waals surface area (Å²) in [6.45, 7) is 2.53. The van der Waals surface area contributed by atoms with Crippen molar-refractivity contribution in [1.82, 2.24) is 10.6 Å². The van der Waals surface area contributed by atoms with Gasteiger partial charge in [0.2, 0.25) is 5.91 Å². The number of rotatable bonds is 5. The molecule has 7 heteroatoms. The molecule has 0 saturated heterocycles. The third-order valence-corrected chi connectivity index (χ3v) is 1.84. The molecule has 0 spiro atoms. The molecule has 0 bridgehead atoms. The van der Waals surface area contributed by atoms with Crippen LogP contribution in [0, 0.1) is 5.92 Å². The van der Waals surface area contributed by atoms with E-state index in [1.54, 1.807) is 7.05 Å². The van der Waals surface area contributed by atoms with Crippen LogP contribution in [-0.4, -0.2) is 31.7 Å². The van der Waals surface area contributed by atoms with E-state index in [1.807, 2.05) is 19.2 Å². The van der Waals surface area contributed by atoms with E-state index in [4.69, 9.17) is 0 Å². The first kappa shape index (κ1) is 17.9. The van der Waals surface area contributed by atoms with Gasteiger partial charge >= 0.3 is 6.18 Å². The van der Waals surface area contributed by atoms with Crippen LogP contribution in [0.5, 0.6) is 0 Å². The van der Waals surface area contributed by atoms with Crippen molar-refractivity contribution in [2.24, 2.45) is 5.92 Å². The van der Waals surface area contributed by atoms with E-state index in [1.165, 1.54) is 0 Å². The lowest BCUT2D eigenvalue weighted by molar-refractivity contribution is -0.139. The van der Waals surface area contributed by atoms with Crippen LogP contribution >= 0.6 is 12.4 Å². The Morgan fingerprint density at radius 3 is 2.12 bits per heavy atom. The van der Waals surface area contributed by atoms with Gasteiger partial charge in [-0.1, -0.05) is 13.8 Å². The number of halogens is 4. The molecule has 0 fully saturated rings. The third kappa shape index (κ3) is 8.79. The fourth-order valence-electron chi connectivity index (χ4n) is 1.14. The molecule has 0 aromatic rings. The summed E-state index contributed by atoms with van der Waals surface area (Å²) in [6, 6.07) is -0.563. The fraction of sp³-hybridized carbons (Fsp3) is 0.889. The van der Waals surface area contributed by atoms with E-state index in [0.29, 0.717) is 6.42 Å². The summed E-state index contributed by atoms with van der Waals surface area (Å²) in [5, 5.41) is 4.54. The van der Waals surface area contributed by atoms with Crippen molar-refractivity contribution < 1.29 is 18.0 Å². The van der Waals surface area contributed by atoms with Gasteiger partial charge in [0.15, 0.2) is 0 Å². The van der Waals surface area contributed by atoms with Crippen LogP contribution in [0.3, 0.4) is 0 Å². The van der Waals surface area contributed by atoms with Crippen LogP contribution in [0.1, 0.15) is 20.3 Å². The number of carbonyl (C=O) groups excluding carboxylic acids is 1. The summed E-state index contributed by atoms with van der Waals surface area (Å²) < 4.78 is 35.4. The van der Waals surface area contributed by atoms with Crippen molar-refractivity contribution in [2.45, 2.75) is 32.5 Å². The Balaban J connectivity index is 0. The number of likely N-dealkylation sites (N-methyl/N-ethyl adjacent to an activating group) is 1. The summed E-state index contributed by atoms with van der Waals surface area (Å²) >= 11 is 0. The number of hydrogen-bond donors (Lipinski definition) is 2. The van der Waals surface area contributed by atoms with E-state index in [0.717, 1.165) is 0 Å². The molecule has 0 aliphatic rings. The summed E-state index contributed by atoms with van der Waals surface area (Å²) in [7, 11) is 1.56. The Labute approximate surface area is 99.6 Å². The second kappa shape index (κ2) is 7.73. The van der Waals surface area contributed by atoms with E-state index in [9.17, 15) is 18.0 Å². The molecule has 0 rings (SSSR count). The maximum atomic E-state index is 11.8. The number of nitrogens with one attached hydrogen (secondary N) is 2. The van der Waals surface area contributed by atoms with Crippen LogP contribution in [0.15, 0.2) is 0 Å². The highest BCUT2D eigenvalue weighted by molar-refractivity contribution is 5.85. The Morgan fingerprint density at radius 1 is 1.31 bits per heavy atom. The van der Waals surface area contributed by atoms with Crippen LogP contribution in [-0.2, 0) is 4.79 Å². The summed E-state index contributed by atoms with van der Waals surface area (Å²) in [6.07, 6.45) is -3.84. The minimum atomic E-state index is -4.36. The van der Waals surface area contributed by atoms with Crippen molar-refractivity contribution in [2.75, 3.05) is 13.6 Å². The van der Waals surface area contributed by atoms with E-state index in [2.05, 4.69) is 5.32 Å². The predicted molar refractivity (Wildman–Crippen MR) is 58.6 cm³/mol. The first-order valence-electron chi connectivity index (χ1n) is 4.78. The number of alkyl halides is 3. The second-order valence-electron chi connectivity index (χ2n) is 3.80. The maximum Gasteiger partial charge on any atom is 0.405 e. The molecule has 0 unspecified atom stereocenters. The van der Waals surface area contributed by atoms with Crippen molar-refractivity contribution >= 4 is 18.3 Å². The Morgan fingerprint density at radius 2 is 1.81 bits per heavy atom. The Kier molecular flexibility index (Phi) is 8.64. The van der Waals surface area contributed by atoms with Gasteiger partial charge in [0.25, 0.3) is 0 Å². The maximum absolute atomic E-state index is 11.8. The molecular weight excluding hydrogens is 245 g/mol. The minimum Gasteiger partial charge on any atom is -0.346 e. The zero-order valence-corrected chi connectivity index (χ0v) is 10.3. The highest BCUT2D eigenvalue weighted by atomic mass is 35.5. The van der Waals surface area contributed by atoms with Gasteiger partial charge in [0.1, 0.15) is 6.54 Å². The van der Waals surface area contributed by atoms with Gasteiger partial charge in [-0.05, 0) is 19.4 Å². The van der Waals surface area contributed by atoms with Gasteiger partial charge in [-0.2, -0.15) is 13.2 Å². The molecule has 0 saturated carbocycles. The quantitative estimate of drug-likeness (QED) is 0.792. The molecule has 3 nitrogen and oxygen atoms in total. The topological polar surface area (TPSA) is 41.1 Å². The summed E-state index contributed by atoms with van der Waals surface area (Å²) in [5.74, 6) is -0.359. The molecule has 0 aliphatic heterocycles. The molecule has 2 N–H and O–H groups in total. The first-order valence-corrected chi connectivity index (χ1v) is 4.78. The normalized spacial score (nSPS) is 13.2. The van der Waals surface area contributed by atoms with E-state index in [-0.39, 0.29) is 18.3 Å². The predicted octanol–water partition coefficient (Wildman–Crippen LogP) is 1.72. The van der Waals surface area contributed by atoms with Gasteiger partial charge in [-0.25, -0.2) is 0 Å². The van der Waals surface area contributed by atoms with E-state index >= 15 is 0 Å². The summed E-state index contributed by atoms with van der Waals surface area (Å²) in [5.41, 5.74) is 0. The van der Waals surface area contributed by atoms with Gasteiger partial charge in [0.05, 0.1) is 6.04 Å². The fourth-order valence-corrected chi connectivity index (χ4v) is 1.14. The van der Waals surface area contributed by atoms with Crippen molar-refractivity contribution in [3.8, 4) is 0 Å². The molecule has 0 radical (unpaired) electrons. The Hall–Kier alpha value is -0.490. The lowest BCUT2D eigenvalue weighted by atomic mass is 10.0. The average Bonchev–Trinajstić information content (AvgIpc) is 2.08. The highest BCUT2D eigenvalue weighted by Gasteiger charge is 2.29. The lowest BCUT2D eigenvalue weighted by Gasteiger charge is -2.18. The SMILES string of the molecule is CN[C@@H](CC(C)C)C(=O)NCC(F)(F)F.Cl. The standard InChI is InChI=1S/C9H17F3N2O.ClH/c1-6(2)4-7(13-3)8(15)14-5-9(10,11)12;/h6-7,13H,4-5H2,1-3H3,(H,14,15);1H/t7-;/m0./s1. The zero-order valence-electron chi connectivity index (χ0n) is 9.52. The second-order valence-corrected chi connectivity index (χ2v) is 3.80. The van der Waals surface area contributed by atoms with Crippen LogP contribution in [0.4, 0.5) is 13.2 Å². The number of hydrogen-bond acceptors (Lipinski definition) is 2. The van der Waals surface area contributed by atoms with Gasteiger partial charge < -0.3 is 10.6 Å². The zero-order chi connectivity index (χ0) is 12.1. The largest absolute Gasteiger partial charge is 0.405 e. The lowest BCUT2D eigenvalue weighted by Crippen LogP contribution is -2.46. The molecule has 0 aliphatic carbocycles. The van der Waals surface area contributed by atoms with Gasteiger partial charge in [-0.3, -0.25) is 4.79 Å². The first-order chi connectivity index (χ1) is 6.76. The average molecular weight is 263 g/mol. The minimum absolute atomic E-state index is 0. The molecule has 1 atom stereocenters. The van der Waals surface area contributed by atoms with Crippen LogP contribution in [0.25, 0.3) is 0 Å². The number of amides is 1. The summed E-state index contributed by atoms with van der Waals surface area (Å²) in [4.78, 5) is 11.3. The van der Waals surface area contributed by atoms with Crippen LogP contribution < -0.4 is 10.6 Å². The molecule has 0 aromatic carbocycles. The molecule has 1 amide bonds. The third-order valence-electron chi connectivity index (χ3n) is 1.84. The molecular formula is C9H18ClF3N2O. The Bertz CT molecular complexity index is 209. The van der Waals surface area contributed by atoms with E-state index < -0.39 is 24.7 Å². The van der Waals surface area contributed by atoms with Crippen molar-refractivity contribution in [3.05, 3.63) is 0 Å². The molecule has 0 aromatic heterocycles. The van der Waals surface area contributed by atoms with Gasteiger partial charge in [-0.15, -0.1) is 12.4 Å². The van der Waals surface area contributed by atoms with Crippen molar-refractivity contribution in [3.63, 3.8) is 0 Å². The molecule has 16 heavy (non-hydrogen) atoms. The highest BCUT2D eigenvalue weighted by Crippen LogP contribution is 2.12. The van der Waals surface area contributed by atoms with Gasteiger partial charge in [0, 0.05) is 0 Å². The van der Waals surface area contributed by atoms with Crippen molar-refractivity contribution in [1.29, 1.82) is 0 Å². The monoisotopic (exact) mass is 262 g/mol. The smallest absolute Gasteiger partial charge is 0.346 e.